The third-order valence-electron chi connectivity index (χ3n) is 4.55. The highest BCUT2D eigenvalue weighted by atomic mass is 32.2. The molecule has 152 valence electrons. The van der Waals surface area contributed by atoms with E-state index < -0.39 is 17.3 Å². The summed E-state index contributed by atoms with van der Waals surface area (Å²) in [5, 5.41) is 9.56. The van der Waals surface area contributed by atoms with Gasteiger partial charge in [0.25, 0.3) is 0 Å². The molecule has 3 aromatic rings. The standard InChI is InChI=1S/C22H21F3N2OS/c1-21(2,27-29-19-8-4-7-18(12-19)22(23,24)25)17-6-3-5-15(11-17)20-9-10-26-13-16(20)14-28/h3-13,27-28H,14H2,1-2H3. The van der Waals surface area contributed by atoms with Gasteiger partial charge in [-0.3, -0.25) is 4.98 Å². The summed E-state index contributed by atoms with van der Waals surface area (Å²) < 4.78 is 42.0. The van der Waals surface area contributed by atoms with E-state index in [4.69, 9.17) is 0 Å². The van der Waals surface area contributed by atoms with Crippen molar-refractivity contribution >= 4 is 11.9 Å². The Morgan fingerprint density at radius 2 is 1.72 bits per heavy atom. The van der Waals surface area contributed by atoms with E-state index in [1.54, 1.807) is 18.5 Å². The predicted molar refractivity (Wildman–Crippen MR) is 109 cm³/mol. The van der Waals surface area contributed by atoms with E-state index >= 15 is 0 Å². The van der Waals surface area contributed by atoms with Crippen LogP contribution < -0.4 is 4.72 Å². The van der Waals surface area contributed by atoms with Crippen molar-refractivity contribution in [2.45, 2.75) is 37.1 Å². The predicted octanol–water partition coefficient (Wildman–Crippen LogP) is 5.79. The Labute approximate surface area is 172 Å². The van der Waals surface area contributed by atoms with Gasteiger partial charge in [-0.15, -0.1) is 0 Å². The first-order valence-corrected chi connectivity index (χ1v) is 9.78. The number of nitrogens with one attached hydrogen (secondary N) is 1. The number of hydrogen-bond donors (Lipinski definition) is 2. The first-order chi connectivity index (χ1) is 13.7. The summed E-state index contributed by atoms with van der Waals surface area (Å²) in [6.07, 6.45) is -1.06. The largest absolute Gasteiger partial charge is 0.416 e. The highest BCUT2D eigenvalue weighted by Crippen LogP contribution is 2.33. The number of aliphatic hydroxyl groups excluding tert-OH is 1. The van der Waals surface area contributed by atoms with Crippen LogP contribution in [0, 0.1) is 0 Å². The summed E-state index contributed by atoms with van der Waals surface area (Å²) in [5.41, 5.74) is 2.35. The average molecular weight is 418 g/mol. The molecule has 0 saturated heterocycles. The Balaban J connectivity index is 1.82. The van der Waals surface area contributed by atoms with Crippen molar-refractivity contribution in [2.24, 2.45) is 0 Å². The fourth-order valence-corrected chi connectivity index (χ4v) is 3.71. The van der Waals surface area contributed by atoms with Gasteiger partial charge in [-0.1, -0.05) is 24.3 Å². The molecule has 0 atom stereocenters. The lowest BCUT2D eigenvalue weighted by atomic mass is 9.91. The van der Waals surface area contributed by atoms with Gasteiger partial charge in [0.2, 0.25) is 0 Å². The van der Waals surface area contributed by atoms with Crippen LogP contribution >= 0.6 is 11.9 Å². The van der Waals surface area contributed by atoms with Crippen LogP contribution in [0.15, 0.2) is 71.9 Å². The number of aromatic nitrogens is 1. The van der Waals surface area contributed by atoms with E-state index in [2.05, 4.69) is 9.71 Å². The van der Waals surface area contributed by atoms with Crippen LogP contribution in [-0.4, -0.2) is 10.1 Å². The van der Waals surface area contributed by atoms with E-state index in [-0.39, 0.29) is 6.61 Å². The van der Waals surface area contributed by atoms with Crippen molar-refractivity contribution in [3.63, 3.8) is 0 Å². The third-order valence-corrected chi connectivity index (χ3v) is 5.66. The molecule has 0 amide bonds. The number of nitrogens with zero attached hydrogens (tertiary/aromatic N) is 1. The maximum atomic E-state index is 12.9. The Bertz CT molecular complexity index is 990. The average Bonchev–Trinajstić information content (AvgIpc) is 2.72. The summed E-state index contributed by atoms with van der Waals surface area (Å²) in [6.45, 7) is 3.82. The second-order valence-corrected chi connectivity index (χ2v) is 8.01. The number of rotatable bonds is 6. The highest BCUT2D eigenvalue weighted by Gasteiger charge is 2.30. The molecule has 7 heteroatoms. The Morgan fingerprint density at radius 3 is 2.45 bits per heavy atom. The van der Waals surface area contributed by atoms with Gasteiger partial charge < -0.3 is 5.11 Å². The number of aliphatic hydroxyl groups is 1. The maximum absolute atomic E-state index is 12.9. The van der Waals surface area contributed by atoms with Crippen molar-refractivity contribution in [1.29, 1.82) is 0 Å². The zero-order valence-corrected chi connectivity index (χ0v) is 16.8. The van der Waals surface area contributed by atoms with Gasteiger partial charge in [0.15, 0.2) is 0 Å². The molecule has 3 nitrogen and oxygen atoms in total. The Hall–Kier alpha value is -2.35. The van der Waals surface area contributed by atoms with E-state index in [0.717, 1.165) is 46.3 Å². The second kappa shape index (κ2) is 8.57. The summed E-state index contributed by atoms with van der Waals surface area (Å²) in [4.78, 5) is 4.53. The molecule has 1 heterocycles. The lowest BCUT2D eigenvalue weighted by Gasteiger charge is -2.27. The smallest absolute Gasteiger partial charge is 0.392 e. The highest BCUT2D eigenvalue weighted by molar-refractivity contribution is 7.97. The fourth-order valence-electron chi connectivity index (χ4n) is 2.89. The maximum Gasteiger partial charge on any atom is 0.416 e. The molecule has 2 aromatic carbocycles. The van der Waals surface area contributed by atoms with Crippen molar-refractivity contribution in [3.8, 4) is 11.1 Å². The minimum atomic E-state index is -4.37. The van der Waals surface area contributed by atoms with Crippen LogP contribution in [0.5, 0.6) is 0 Å². The van der Waals surface area contributed by atoms with Crippen LogP contribution in [0.3, 0.4) is 0 Å². The number of benzene rings is 2. The molecule has 3 rings (SSSR count). The van der Waals surface area contributed by atoms with Crippen molar-refractivity contribution in [1.82, 2.24) is 9.71 Å². The van der Waals surface area contributed by atoms with Crippen molar-refractivity contribution < 1.29 is 18.3 Å². The van der Waals surface area contributed by atoms with Crippen LogP contribution in [0.2, 0.25) is 0 Å². The van der Waals surface area contributed by atoms with Gasteiger partial charge in [0, 0.05) is 28.4 Å². The van der Waals surface area contributed by atoms with Gasteiger partial charge in [-0.05, 0) is 72.8 Å². The number of pyridine rings is 1. The molecule has 0 aliphatic rings. The minimum Gasteiger partial charge on any atom is -0.392 e. The van der Waals surface area contributed by atoms with Crippen LogP contribution in [-0.2, 0) is 18.3 Å². The monoisotopic (exact) mass is 418 g/mol. The number of hydrogen-bond acceptors (Lipinski definition) is 4. The summed E-state index contributed by atoms with van der Waals surface area (Å²) >= 11 is 1.16. The van der Waals surface area contributed by atoms with Crippen molar-refractivity contribution in [3.05, 3.63) is 83.7 Å². The molecule has 0 fully saturated rings. The fraction of sp³-hybridized carbons (Fsp3) is 0.227. The molecule has 0 aliphatic carbocycles. The molecule has 0 saturated carbocycles. The van der Waals surface area contributed by atoms with Crippen LogP contribution in [0.25, 0.3) is 11.1 Å². The molecule has 0 aliphatic heterocycles. The number of halogens is 3. The van der Waals surface area contributed by atoms with Gasteiger partial charge >= 0.3 is 6.18 Å². The molecule has 29 heavy (non-hydrogen) atoms. The third kappa shape index (κ3) is 5.18. The SMILES string of the molecule is CC(C)(NSc1cccc(C(F)(F)F)c1)c1cccc(-c2ccncc2CO)c1. The number of alkyl halides is 3. The van der Waals surface area contributed by atoms with E-state index in [1.165, 1.54) is 6.07 Å². The summed E-state index contributed by atoms with van der Waals surface area (Å²) in [7, 11) is 0. The first kappa shape index (κ1) is 21.4. The van der Waals surface area contributed by atoms with Gasteiger partial charge in [0.05, 0.1) is 12.2 Å². The molecule has 2 N–H and O–H groups in total. The van der Waals surface area contributed by atoms with Gasteiger partial charge in [-0.25, -0.2) is 4.72 Å². The molecule has 0 bridgehead atoms. The minimum absolute atomic E-state index is 0.111. The quantitative estimate of drug-likeness (QED) is 0.497. The van der Waals surface area contributed by atoms with E-state index in [0.29, 0.717) is 4.90 Å². The molecule has 0 unspecified atom stereocenters. The zero-order valence-electron chi connectivity index (χ0n) is 16.0. The normalized spacial score (nSPS) is 12.2. The molecular weight excluding hydrogens is 397 g/mol. The molecular formula is C22H21F3N2OS. The topological polar surface area (TPSA) is 45.2 Å². The Morgan fingerprint density at radius 1 is 1.00 bits per heavy atom. The zero-order chi connectivity index (χ0) is 21.1. The lowest BCUT2D eigenvalue weighted by Crippen LogP contribution is -2.31. The van der Waals surface area contributed by atoms with Crippen LogP contribution in [0.1, 0.15) is 30.5 Å². The summed E-state index contributed by atoms with van der Waals surface area (Å²) in [6, 6.07) is 14.9. The van der Waals surface area contributed by atoms with Crippen molar-refractivity contribution in [2.75, 3.05) is 0 Å². The van der Waals surface area contributed by atoms with E-state index in [9.17, 15) is 18.3 Å². The molecule has 0 spiro atoms. The molecule has 1 aromatic heterocycles. The Kier molecular flexibility index (Phi) is 6.31. The first-order valence-electron chi connectivity index (χ1n) is 8.96. The van der Waals surface area contributed by atoms with Gasteiger partial charge in [-0.2, -0.15) is 13.2 Å². The van der Waals surface area contributed by atoms with E-state index in [1.807, 2.05) is 44.2 Å². The summed E-state index contributed by atoms with van der Waals surface area (Å²) in [5.74, 6) is 0. The van der Waals surface area contributed by atoms with Gasteiger partial charge in [0.1, 0.15) is 0 Å². The molecule has 0 radical (unpaired) electrons. The van der Waals surface area contributed by atoms with Crippen LogP contribution in [0.4, 0.5) is 13.2 Å². The lowest BCUT2D eigenvalue weighted by molar-refractivity contribution is -0.137. The second-order valence-electron chi connectivity index (χ2n) is 7.13.